The topological polar surface area (TPSA) is 75.3 Å². The molecule has 0 aromatic carbocycles. The van der Waals surface area contributed by atoms with Crippen molar-refractivity contribution in [3.8, 4) is 0 Å². The molecule has 6 bridgehead atoms. The highest BCUT2D eigenvalue weighted by molar-refractivity contribution is 5.09. The van der Waals surface area contributed by atoms with Gasteiger partial charge in [0.05, 0.1) is 69.6 Å². The summed E-state index contributed by atoms with van der Waals surface area (Å²) in [6.45, 7) is 73.1. The fraction of sp³-hybridized carbons (Fsp3) is 1.00. The normalized spacial score (nSPS) is 33.7. The Labute approximate surface area is 536 Å². The summed E-state index contributed by atoms with van der Waals surface area (Å²) in [5.74, 6) is 0. The zero-order chi connectivity index (χ0) is 64.0. The molecule has 0 N–H and O–H groups in total. The maximum absolute atomic E-state index is 5.78. The molecule has 2 unspecified atom stereocenters. The van der Waals surface area contributed by atoms with Crippen LogP contribution in [0.25, 0.3) is 0 Å². The molecule has 0 aromatic rings. The van der Waals surface area contributed by atoms with Crippen molar-refractivity contribution in [1.82, 2.24) is 44.1 Å². The van der Waals surface area contributed by atoms with Gasteiger partial charge in [-0.2, -0.15) is 0 Å². The van der Waals surface area contributed by atoms with E-state index in [1.165, 1.54) is 149 Å². The van der Waals surface area contributed by atoms with Crippen molar-refractivity contribution in [3.05, 3.63) is 0 Å². The van der Waals surface area contributed by atoms with Crippen LogP contribution in [-0.2, 0) is 23.7 Å². The second-order valence-electron chi connectivity index (χ2n) is 37.8. The molecule has 4 spiro atoms. The number of likely N-dealkylation sites (tertiary alicyclic amines) is 9. The minimum Gasteiger partial charge on any atom is -0.380 e. The van der Waals surface area contributed by atoms with E-state index >= 15 is 0 Å². The van der Waals surface area contributed by atoms with E-state index in [1.807, 2.05) is 0 Å². The Bertz CT molecular complexity index is 2050. The van der Waals surface area contributed by atoms with E-state index < -0.39 is 0 Å². The largest absolute Gasteiger partial charge is 0.380 e. The summed E-state index contributed by atoms with van der Waals surface area (Å²) in [6, 6.07) is 1.42. The molecule has 0 radical (unpaired) electrons. The zero-order valence-electron chi connectivity index (χ0n) is 61.4. The standard InChI is InChI=1S/C13H26N2.C12H24N2.C11H21NO.C10H19NO.3C9H17NO/c1-12(2,3)15-9-6-13(7-10-15)5-8-14(4)11-13;1-11(2,3)14-8-6-12(10-14)5-7-13(4)9-12;1-10(2,3)12-6-4-11(5-7-12)8-13-9-11;1-10(2,3)11-6-8-4-5-9(7-11)12-8;2*1-9(2,3)10-5-8-4-7(10)6-11-8;1-8(2,3)10-5-4-9(10)6-11-7-9/h5-11H2,1-4H3;5-10H2,1-4H3;4-9H2,1-3H3;8-9H,4-7H2,1-3H3;2*7-8H,4-6H2,1-3H3;4-7H2,1-3H3/t;;;8-,9?;2*7-,8-;/m...110./s1. The van der Waals surface area contributed by atoms with E-state index in [-0.39, 0.29) is 0 Å². The number of hydrogen-bond donors (Lipinski definition) is 0. The van der Waals surface area contributed by atoms with Gasteiger partial charge in [0.15, 0.2) is 0 Å². The molecule has 14 fully saturated rings. The van der Waals surface area contributed by atoms with E-state index in [9.17, 15) is 0 Å². The van der Waals surface area contributed by atoms with E-state index in [0.29, 0.717) is 97.1 Å². The minimum atomic E-state index is 0.324. The van der Waals surface area contributed by atoms with Gasteiger partial charge in [0.2, 0.25) is 0 Å². The van der Waals surface area contributed by atoms with Crippen LogP contribution in [0.3, 0.4) is 0 Å². The number of fused-ring (bicyclic) bond motifs is 6. The van der Waals surface area contributed by atoms with Crippen LogP contribution < -0.4 is 0 Å². The van der Waals surface area contributed by atoms with Gasteiger partial charge in [0.1, 0.15) is 0 Å². The maximum atomic E-state index is 5.78. The molecule has 0 saturated carbocycles. The molecule has 14 aliphatic rings. The van der Waals surface area contributed by atoms with Crippen LogP contribution >= 0.6 is 0 Å². The van der Waals surface area contributed by atoms with Gasteiger partial charge in [-0.25, -0.2) is 0 Å². The summed E-state index contributed by atoms with van der Waals surface area (Å²) in [5, 5.41) is 0. The van der Waals surface area contributed by atoms with Crippen molar-refractivity contribution < 1.29 is 23.7 Å². The van der Waals surface area contributed by atoms with Gasteiger partial charge in [-0.1, -0.05) is 0 Å². The molecule has 0 aliphatic carbocycles. The highest BCUT2D eigenvalue weighted by Gasteiger charge is 2.54. The lowest BCUT2D eigenvalue weighted by atomic mass is 9.76. The molecular formula is C73H141N9O5. The molecule has 7 atom stereocenters. The van der Waals surface area contributed by atoms with Gasteiger partial charge in [0.25, 0.3) is 0 Å². The van der Waals surface area contributed by atoms with Gasteiger partial charge in [-0.15, -0.1) is 0 Å². The minimum absolute atomic E-state index is 0.324. The first kappa shape index (κ1) is 72.3. The Morgan fingerprint density at radius 2 is 0.713 bits per heavy atom. The van der Waals surface area contributed by atoms with E-state index in [0.717, 1.165) is 65.8 Å². The predicted octanol–water partition coefficient (Wildman–Crippen LogP) is 11.3. The van der Waals surface area contributed by atoms with Crippen molar-refractivity contribution >= 4 is 0 Å². The number of nitrogens with zero attached hydrogens (tertiary/aromatic N) is 9. The van der Waals surface area contributed by atoms with Gasteiger partial charge in [-0.05, 0) is 293 Å². The van der Waals surface area contributed by atoms with Gasteiger partial charge in [0, 0.05) is 109 Å². The van der Waals surface area contributed by atoms with E-state index in [2.05, 4.69) is 204 Å². The van der Waals surface area contributed by atoms with Gasteiger partial charge >= 0.3 is 0 Å². The average Bonchev–Trinajstić information content (AvgIpc) is 1.64. The second kappa shape index (κ2) is 27.6. The number of rotatable bonds is 0. The third-order valence-corrected chi connectivity index (χ3v) is 23.4. The van der Waals surface area contributed by atoms with E-state index in [4.69, 9.17) is 23.7 Å². The zero-order valence-corrected chi connectivity index (χ0v) is 61.4. The first-order chi connectivity index (χ1) is 40.1. The van der Waals surface area contributed by atoms with Crippen molar-refractivity contribution in [3.63, 3.8) is 0 Å². The summed E-state index contributed by atoms with van der Waals surface area (Å²) >= 11 is 0. The molecule has 14 nitrogen and oxygen atoms in total. The number of ether oxygens (including phenoxy) is 5. The highest BCUT2D eigenvalue weighted by Crippen LogP contribution is 2.45. The van der Waals surface area contributed by atoms with Crippen LogP contribution in [-0.4, -0.2) is 277 Å². The lowest BCUT2D eigenvalue weighted by Gasteiger charge is -2.62. The molecule has 87 heavy (non-hydrogen) atoms. The quantitative estimate of drug-likeness (QED) is 0.231. The monoisotopic (exact) mass is 1220 g/mol. The first-order valence-electron chi connectivity index (χ1n) is 35.8. The molecule has 14 saturated heterocycles. The first-order valence-corrected chi connectivity index (χ1v) is 35.8. The van der Waals surface area contributed by atoms with Crippen molar-refractivity contribution in [2.75, 3.05) is 152 Å². The van der Waals surface area contributed by atoms with Crippen molar-refractivity contribution in [2.24, 2.45) is 16.2 Å². The van der Waals surface area contributed by atoms with Gasteiger partial charge in [-0.3, -0.25) is 34.3 Å². The maximum Gasteiger partial charge on any atom is 0.0718 e. The second-order valence-corrected chi connectivity index (χ2v) is 37.8. The fourth-order valence-corrected chi connectivity index (χ4v) is 17.4. The highest BCUT2D eigenvalue weighted by atomic mass is 16.5. The molecule has 14 rings (SSSR count). The van der Waals surface area contributed by atoms with Crippen LogP contribution in [0.2, 0.25) is 0 Å². The molecule has 0 aromatic heterocycles. The lowest BCUT2D eigenvalue weighted by molar-refractivity contribution is -0.219. The predicted molar refractivity (Wildman–Crippen MR) is 362 cm³/mol. The third kappa shape index (κ3) is 18.9. The van der Waals surface area contributed by atoms with Crippen LogP contribution in [0, 0.1) is 16.2 Å². The summed E-state index contributed by atoms with van der Waals surface area (Å²) in [4.78, 5) is 23.2. The lowest BCUT2D eigenvalue weighted by Crippen LogP contribution is -2.74. The van der Waals surface area contributed by atoms with Crippen molar-refractivity contribution in [2.45, 2.75) is 303 Å². The van der Waals surface area contributed by atoms with Crippen molar-refractivity contribution in [1.29, 1.82) is 0 Å². The molecule has 14 heteroatoms. The van der Waals surface area contributed by atoms with Crippen LogP contribution in [0.5, 0.6) is 0 Å². The number of piperidine rings is 2. The summed E-state index contributed by atoms with van der Waals surface area (Å²) in [6.07, 6.45) is 18.3. The average molecular weight is 1220 g/mol. The number of hydrogen-bond acceptors (Lipinski definition) is 14. The summed E-state index contributed by atoms with van der Waals surface area (Å²) in [5.41, 5.74) is 4.78. The summed E-state index contributed by atoms with van der Waals surface area (Å²) < 4.78 is 27.4. The van der Waals surface area contributed by atoms with Crippen LogP contribution in [0.4, 0.5) is 0 Å². The molecule has 0 amide bonds. The molecule has 508 valence electrons. The fourth-order valence-electron chi connectivity index (χ4n) is 17.4. The number of morpholine rings is 3. The molecule has 14 heterocycles. The molecule has 14 aliphatic heterocycles. The smallest absolute Gasteiger partial charge is 0.0718 e. The van der Waals surface area contributed by atoms with E-state index in [1.54, 1.807) is 0 Å². The Morgan fingerprint density at radius 3 is 0.966 bits per heavy atom. The SMILES string of the molecule is CC(C)(C)N1CC2CC[C@H](C1)O2.CC(C)(C)N1CCC12COC2.CC(C)(C)N1CCC2(CC1)COC2.CC(C)(C)N1C[C@@H]2C[C@H]1CO2.CC(C)(C)N1C[C@H]2C[C@@H]1CO2.CN1CCC2(CCN(C(C)(C)C)C2)C1.CN1CCC2(CCN(C(C)(C)C)CC2)C1. The Kier molecular flexibility index (Phi) is 23.0. The Hall–Kier alpha value is -0.560. The van der Waals surface area contributed by atoms with Crippen LogP contribution in [0.15, 0.2) is 0 Å². The van der Waals surface area contributed by atoms with Gasteiger partial charge < -0.3 is 33.5 Å². The Balaban J connectivity index is 0.000000132. The Morgan fingerprint density at radius 1 is 0.333 bits per heavy atom. The third-order valence-electron chi connectivity index (χ3n) is 23.4. The molecular weight excluding hydrogens is 1080 g/mol. The van der Waals surface area contributed by atoms with Crippen LogP contribution in [0.1, 0.15) is 222 Å². The summed E-state index contributed by atoms with van der Waals surface area (Å²) in [7, 11) is 4.53.